The fourth-order valence-corrected chi connectivity index (χ4v) is 9.03. The maximum absolute atomic E-state index is 13.3. The van der Waals surface area contributed by atoms with E-state index in [-0.39, 0.29) is 19.4 Å². The maximum atomic E-state index is 13.3. The summed E-state index contributed by atoms with van der Waals surface area (Å²) in [5.74, 6) is -1.27. The van der Waals surface area contributed by atoms with Crippen LogP contribution in [0.4, 0.5) is 0 Å². The molecule has 1 aliphatic heterocycles. The molecule has 8 atom stereocenters. The standard InChI is InChI=1S/C62H109NO10/c1-4-7-10-13-16-19-22-24-25-26-27-28-29-30-31-32-35-38-41-44-47-50-57(67)73-60-59(69)58(68)56(51-64)72-62(60)71-52-53(54(65)48-45-42-39-36-33-21-18-15-12-9-6-3)63-61(70)55(66)49-46-43-40-37-34-23-20-17-14-11-8-5-2/h8,11,14,17,20,23,34,37,40,43,45,48,53-56,58-60,62,64-66,68-69H,4-7,9-10,12-13,15-16,18-19,21-22,24-33,35-36,38-39,41-42,44,46-47,49-52H2,1-3H3,(H,63,70)/b11-8+,17-14+,23-20-,37-34-,43-40+,48-45+. The van der Waals surface area contributed by atoms with E-state index < -0.39 is 67.4 Å². The lowest BCUT2D eigenvalue weighted by molar-refractivity contribution is -0.305. The molecule has 6 N–H and O–H groups in total. The molecule has 11 nitrogen and oxygen atoms in total. The van der Waals surface area contributed by atoms with Crippen LogP contribution >= 0.6 is 0 Å². The zero-order chi connectivity index (χ0) is 53.3. The molecule has 0 spiro atoms. The molecule has 0 bridgehead atoms. The van der Waals surface area contributed by atoms with Crippen molar-refractivity contribution in [2.75, 3.05) is 13.2 Å². The van der Waals surface area contributed by atoms with Crippen LogP contribution in [0.15, 0.2) is 72.9 Å². The lowest BCUT2D eigenvalue weighted by Gasteiger charge is -2.41. The third-order valence-electron chi connectivity index (χ3n) is 13.8. The maximum Gasteiger partial charge on any atom is 0.306 e. The van der Waals surface area contributed by atoms with Crippen LogP contribution in [0.3, 0.4) is 0 Å². The molecule has 0 aromatic carbocycles. The quantitative estimate of drug-likeness (QED) is 0.0149. The van der Waals surface area contributed by atoms with Crippen molar-refractivity contribution < 1.29 is 49.3 Å². The molecule has 73 heavy (non-hydrogen) atoms. The van der Waals surface area contributed by atoms with Gasteiger partial charge in [0.25, 0.3) is 0 Å². The highest BCUT2D eigenvalue weighted by atomic mass is 16.7. The molecule has 1 aliphatic rings. The minimum Gasteiger partial charge on any atom is -0.454 e. The molecule has 1 fully saturated rings. The number of amides is 1. The predicted octanol–water partition coefficient (Wildman–Crippen LogP) is 13.6. The zero-order valence-corrected chi connectivity index (χ0v) is 46.5. The average Bonchev–Trinajstić information content (AvgIpc) is 3.39. The topological polar surface area (TPSA) is 175 Å². The summed E-state index contributed by atoms with van der Waals surface area (Å²) < 4.78 is 17.5. The molecule has 1 rings (SSSR count). The smallest absolute Gasteiger partial charge is 0.306 e. The van der Waals surface area contributed by atoms with E-state index >= 15 is 0 Å². The van der Waals surface area contributed by atoms with Crippen molar-refractivity contribution in [3.05, 3.63) is 72.9 Å². The summed E-state index contributed by atoms with van der Waals surface area (Å²) in [4.78, 5) is 26.4. The van der Waals surface area contributed by atoms with Gasteiger partial charge in [0.15, 0.2) is 12.4 Å². The highest BCUT2D eigenvalue weighted by Gasteiger charge is 2.47. The van der Waals surface area contributed by atoms with E-state index in [1.165, 1.54) is 148 Å². The van der Waals surface area contributed by atoms with Crippen molar-refractivity contribution in [3.63, 3.8) is 0 Å². The molecule has 0 radical (unpaired) electrons. The minimum atomic E-state index is -1.63. The average molecular weight is 1030 g/mol. The molecule has 1 saturated heterocycles. The number of unbranched alkanes of at least 4 members (excludes halogenated alkanes) is 29. The number of hydrogen-bond acceptors (Lipinski definition) is 10. The molecule has 422 valence electrons. The Morgan fingerprint density at radius 2 is 0.986 bits per heavy atom. The molecule has 0 aromatic rings. The molecule has 0 aromatic heterocycles. The third-order valence-corrected chi connectivity index (χ3v) is 13.8. The van der Waals surface area contributed by atoms with Crippen molar-refractivity contribution in [2.45, 2.75) is 294 Å². The number of nitrogens with one attached hydrogen (secondary N) is 1. The molecule has 1 heterocycles. The first-order chi connectivity index (χ1) is 35.7. The first kappa shape index (κ1) is 68.1. The number of carbonyl (C=O) groups excluding carboxylic acids is 2. The highest BCUT2D eigenvalue weighted by molar-refractivity contribution is 5.80. The second kappa shape index (κ2) is 49.9. The van der Waals surface area contributed by atoms with Gasteiger partial charge in [0.05, 0.1) is 25.4 Å². The Morgan fingerprint density at radius 1 is 0.548 bits per heavy atom. The van der Waals surface area contributed by atoms with Gasteiger partial charge in [-0.1, -0.05) is 273 Å². The summed E-state index contributed by atoms with van der Waals surface area (Å²) in [6.45, 7) is 5.58. The molecule has 11 heteroatoms. The van der Waals surface area contributed by atoms with Gasteiger partial charge in [0.2, 0.25) is 5.91 Å². The Morgan fingerprint density at radius 3 is 1.45 bits per heavy atom. The summed E-state index contributed by atoms with van der Waals surface area (Å²) in [5.41, 5.74) is 0. The molecule has 1 amide bonds. The Balaban J connectivity index is 2.67. The van der Waals surface area contributed by atoms with Gasteiger partial charge in [0.1, 0.15) is 24.4 Å². The molecule has 8 unspecified atom stereocenters. The van der Waals surface area contributed by atoms with Crippen LogP contribution in [0.5, 0.6) is 0 Å². The van der Waals surface area contributed by atoms with Gasteiger partial charge < -0.3 is 45.1 Å². The van der Waals surface area contributed by atoms with Gasteiger partial charge in [-0.2, -0.15) is 0 Å². The summed E-state index contributed by atoms with van der Waals surface area (Å²) in [5, 5.41) is 56.7. The third kappa shape index (κ3) is 38.3. The SMILES string of the molecule is CC/C=C/C=C/C=C\C=C/C=C/CCC(O)C(=O)NC(COC1OC(CO)C(O)C(O)C1OC(=O)CCCCCCCCCCCCCCCCCCCCCCC)C(O)/C=C/CCCCCCCCCCC. The number of carbonyl (C=O) groups is 2. The summed E-state index contributed by atoms with van der Waals surface area (Å²) in [6.07, 6.45) is 52.6. The fraction of sp³-hybridized carbons (Fsp3) is 0.774. The second-order valence-corrected chi connectivity index (χ2v) is 20.5. The van der Waals surface area contributed by atoms with Gasteiger partial charge in [0, 0.05) is 6.42 Å². The van der Waals surface area contributed by atoms with Crippen molar-refractivity contribution in [3.8, 4) is 0 Å². The summed E-state index contributed by atoms with van der Waals surface area (Å²) in [6, 6.07) is -1.06. The van der Waals surface area contributed by atoms with E-state index in [0.29, 0.717) is 12.8 Å². The zero-order valence-electron chi connectivity index (χ0n) is 46.5. The van der Waals surface area contributed by atoms with Gasteiger partial charge in [-0.3, -0.25) is 9.59 Å². The van der Waals surface area contributed by atoms with Crippen molar-refractivity contribution in [1.82, 2.24) is 5.32 Å². The van der Waals surface area contributed by atoms with E-state index in [9.17, 15) is 35.1 Å². The van der Waals surface area contributed by atoms with Crippen molar-refractivity contribution in [2.24, 2.45) is 0 Å². The van der Waals surface area contributed by atoms with E-state index in [2.05, 4.69) is 32.2 Å². The minimum absolute atomic E-state index is 0.116. The Hall–Kier alpha value is -2.90. The molecular weight excluding hydrogens is 919 g/mol. The molecule has 0 saturated carbocycles. The second-order valence-electron chi connectivity index (χ2n) is 20.5. The van der Waals surface area contributed by atoms with Gasteiger partial charge >= 0.3 is 5.97 Å². The van der Waals surface area contributed by atoms with Crippen LogP contribution in [0.2, 0.25) is 0 Å². The van der Waals surface area contributed by atoms with Crippen LogP contribution in [0.25, 0.3) is 0 Å². The van der Waals surface area contributed by atoms with E-state index in [1.54, 1.807) is 6.08 Å². The highest BCUT2D eigenvalue weighted by Crippen LogP contribution is 2.26. The normalized spacial score (nSPS) is 19.9. The van der Waals surface area contributed by atoms with Crippen LogP contribution < -0.4 is 5.32 Å². The van der Waals surface area contributed by atoms with Gasteiger partial charge in [-0.25, -0.2) is 0 Å². The Bertz CT molecular complexity index is 1460. The van der Waals surface area contributed by atoms with Crippen molar-refractivity contribution in [1.29, 1.82) is 0 Å². The lowest BCUT2D eigenvalue weighted by atomic mass is 9.99. The van der Waals surface area contributed by atoms with Crippen LogP contribution in [0, 0.1) is 0 Å². The van der Waals surface area contributed by atoms with Gasteiger partial charge in [-0.15, -0.1) is 0 Å². The summed E-state index contributed by atoms with van der Waals surface area (Å²) >= 11 is 0. The van der Waals surface area contributed by atoms with Crippen molar-refractivity contribution >= 4 is 11.9 Å². The fourth-order valence-electron chi connectivity index (χ4n) is 9.03. The number of allylic oxidation sites excluding steroid dienone is 11. The van der Waals surface area contributed by atoms with E-state index in [1.807, 2.05) is 60.8 Å². The molecule has 0 aliphatic carbocycles. The number of aliphatic hydroxyl groups is 5. The van der Waals surface area contributed by atoms with Crippen LogP contribution in [-0.2, 0) is 23.8 Å². The van der Waals surface area contributed by atoms with Gasteiger partial charge in [-0.05, 0) is 38.5 Å². The molecular formula is C62H109NO10. The summed E-state index contributed by atoms with van der Waals surface area (Å²) in [7, 11) is 0. The van der Waals surface area contributed by atoms with Crippen LogP contribution in [0.1, 0.15) is 245 Å². The lowest BCUT2D eigenvalue weighted by Crippen LogP contribution is -2.61. The number of rotatable bonds is 49. The van der Waals surface area contributed by atoms with E-state index in [0.717, 1.165) is 51.4 Å². The number of ether oxygens (including phenoxy) is 3. The largest absolute Gasteiger partial charge is 0.454 e. The predicted molar refractivity (Wildman–Crippen MR) is 301 cm³/mol. The first-order valence-electron chi connectivity index (χ1n) is 29.8. The van der Waals surface area contributed by atoms with E-state index in [4.69, 9.17) is 14.2 Å². The number of hydrogen-bond donors (Lipinski definition) is 6. The first-order valence-corrected chi connectivity index (χ1v) is 29.8. The Labute approximate surface area is 445 Å². The number of esters is 1. The monoisotopic (exact) mass is 1030 g/mol. The Kier molecular flexibility index (Phi) is 46.6. The number of aliphatic hydroxyl groups excluding tert-OH is 5. The van der Waals surface area contributed by atoms with Crippen LogP contribution in [-0.4, -0.2) is 99.6 Å².